The Hall–Kier alpha value is -1.47. The van der Waals surface area contributed by atoms with Gasteiger partial charge in [0.2, 0.25) is 0 Å². The summed E-state index contributed by atoms with van der Waals surface area (Å²) in [4.78, 5) is 0. The van der Waals surface area contributed by atoms with E-state index in [1.165, 1.54) is 4.68 Å². The number of halogens is 3. The molecule has 0 radical (unpaired) electrons. The van der Waals surface area contributed by atoms with E-state index in [9.17, 15) is 8.78 Å². The van der Waals surface area contributed by atoms with E-state index in [0.717, 1.165) is 17.0 Å². The van der Waals surface area contributed by atoms with Gasteiger partial charge in [0, 0.05) is 38.1 Å². The Balaban J connectivity index is 0.00000200. The first kappa shape index (κ1) is 16.6. The maximum atomic E-state index is 12.2. The molecule has 0 spiro atoms. The summed E-state index contributed by atoms with van der Waals surface area (Å²) in [7, 11) is 1.88. The molecule has 0 unspecified atom stereocenters. The predicted molar refractivity (Wildman–Crippen MR) is 74.0 cm³/mol. The highest BCUT2D eigenvalue weighted by atomic mass is 35.5. The number of aromatic nitrogens is 4. The van der Waals surface area contributed by atoms with Crippen LogP contribution in [0.3, 0.4) is 0 Å². The number of hydrogen-bond acceptors (Lipinski definition) is 3. The van der Waals surface area contributed by atoms with Crippen LogP contribution in [0.2, 0.25) is 0 Å². The van der Waals surface area contributed by atoms with E-state index in [1.807, 2.05) is 20.2 Å². The van der Waals surface area contributed by atoms with E-state index in [1.54, 1.807) is 16.9 Å². The highest BCUT2D eigenvalue weighted by Crippen LogP contribution is 2.05. The zero-order valence-corrected chi connectivity index (χ0v) is 12.2. The topological polar surface area (TPSA) is 47.7 Å². The fourth-order valence-electron chi connectivity index (χ4n) is 1.89. The minimum Gasteiger partial charge on any atom is -0.307 e. The van der Waals surface area contributed by atoms with Crippen LogP contribution in [0, 0.1) is 6.92 Å². The summed E-state index contributed by atoms with van der Waals surface area (Å²) in [5.41, 5.74) is 2.86. The summed E-state index contributed by atoms with van der Waals surface area (Å²) in [5, 5.41) is 11.5. The summed E-state index contributed by atoms with van der Waals surface area (Å²) in [6, 6.07) is 1.74. The van der Waals surface area contributed by atoms with Crippen molar-refractivity contribution in [1.82, 2.24) is 24.9 Å². The molecule has 2 aromatic heterocycles. The highest BCUT2D eigenvalue weighted by Gasteiger charge is 2.06. The Morgan fingerprint density at radius 1 is 1.30 bits per heavy atom. The van der Waals surface area contributed by atoms with Crippen LogP contribution < -0.4 is 5.32 Å². The summed E-state index contributed by atoms with van der Waals surface area (Å²) in [6.07, 6.45) is 1.15. The van der Waals surface area contributed by atoms with Gasteiger partial charge in [-0.05, 0) is 13.0 Å². The molecule has 0 bridgehead atoms. The van der Waals surface area contributed by atoms with Crippen LogP contribution in [-0.4, -0.2) is 26.0 Å². The molecule has 2 rings (SSSR count). The lowest BCUT2D eigenvalue weighted by Gasteiger charge is -2.02. The third-order valence-electron chi connectivity index (χ3n) is 2.76. The smallest absolute Gasteiger partial charge is 0.257 e. The van der Waals surface area contributed by atoms with Crippen LogP contribution in [0.25, 0.3) is 0 Å². The number of nitrogens with one attached hydrogen (secondary N) is 1. The molecular formula is C12H18ClF2N5. The Morgan fingerprint density at radius 2 is 2.05 bits per heavy atom. The Bertz CT molecular complexity index is 538. The monoisotopic (exact) mass is 305 g/mol. The number of alkyl halides is 2. The second-order valence-corrected chi connectivity index (χ2v) is 4.44. The molecule has 0 aromatic carbocycles. The molecule has 0 saturated heterocycles. The van der Waals surface area contributed by atoms with Crippen LogP contribution in [0.5, 0.6) is 0 Å². The summed E-state index contributed by atoms with van der Waals surface area (Å²) in [5.74, 6) is 0. The number of rotatable bonds is 6. The van der Waals surface area contributed by atoms with Crippen molar-refractivity contribution in [1.29, 1.82) is 0 Å². The van der Waals surface area contributed by atoms with Crippen molar-refractivity contribution < 1.29 is 8.78 Å². The second-order valence-electron chi connectivity index (χ2n) is 4.44. The fraction of sp³-hybridized carbons (Fsp3) is 0.500. The minimum absolute atomic E-state index is 0. The predicted octanol–water partition coefficient (Wildman–Crippen LogP) is 1.90. The minimum atomic E-state index is -2.38. The fourth-order valence-corrected chi connectivity index (χ4v) is 1.89. The lowest BCUT2D eigenvalue weighted by molar-refractivity contribution is 0.121. The Kier molecular flexibility index (Phi) is 6.09. The average Bonchev–Trinajstić information content (AvgIpc) is 2.86. The third kappa shape index (κ3) is 4.57. The van der Waals surface area contributed by atoms with Gasteiger partial charge < -0.3 is 5.32 Å². The van der Waals surface area contributed by atoms with Gasteiger partial charge in [0.25, 0.3) is 6.43 Å². The molecule has 20 heavy (non-hydrogen) atoms. The van der Waals surface area contributed by atoms with E-state index in [0.29, 0.717) is 13.1 Å². The summed E-state index contributed by atoms with van der Waals surface area (Å²) >= 11 is 0. The van der Waals surface area contributed by atoms with Crippen molar-refractivity contribution in [3.05, 3.63) is 35.4 Å². The first-order valence-electron chi connectivity index (χ1n) is 6.05. The zero-order chi connectivity index (χ0) is 13.8. The summed E-state index contributed by atoms with van der Waals surface area (Å²) in [6.45, 7) is 2.82. The molecule has 0 aliphatic carbocycles. The molecule has 0 saturated carbocycles. The van der Waals surface area contributed by atoms with Gasteiger partial charge in [-0.1, -0.05) is 0 Å². The third-order valence-corrected chi connectivity index (χ3v) is 2.76. The van der Waals surface area contributed by atoms with Crippen LogP contribution in [0.1, 0.15) is 17.0 Å². The van der Waals surface area contributed by atoms with Gasteiger partial charge in [0.05, 0.1) is 11.4 Å². The number of hydrogen-bond donors (Lipinski definition) is 1. The number of aryl methyl sites for hydroxylation is 2. The number of nitrogens with zero attached hydrogens (tertiary/aromatic N) is 4. The van der Waals surface area contributed by atoms with Crippen LogP contribution in [0.15, 0.2) is 18.5 Å². The van der Waals surface area contributed by atoms with Gasteiger partial charge in [-0.2, -0.15) is 10.2 Å². The van der Waals surface area contributed by atoms with Crippen molar-refractivity contribution in [2.24, 2.45) is 7.05 Å². The molecule has 0 amide bonds. The normalized spacial score (nSPS) is 10.8. The van der Waals surface area contributed by atoms with Crippen molar-refractivity contribution in [3.63, 3.8) is 0 Å². The van der Waals surface area contributed by atoms with E-state index >= 15 is 0 Å². The van der Waals surface area contributed by atoms with Gasteiger partial charge in [0.1, 0.15) is 6.54 Å². The molecule has 2 aromatic rings. The van der Waals surface area contributed by atoms with E-state index in [-0.39, 0.29) is 19.0 Å². The molecule has 0 atom stereocenters. The standard InChI is InChI=1S/C12H17F2N5.ClH/c1-9-10(7-18(2)16-9)5-15-6-11-3-4-19(17-11)8-12(13)14;/h3-4,7,12,15H,5-6,8H2,1-2H3;1H. The molecule has 8 heteroatoms. The molecule has 1 N–H and O–H groups in total. The maximum Gasteiger partial charge on any atom is 0.257 e. The first-order valence-corrected chi connectivity index (χ1v) is 6.05. The first-order chi connectivity index (χ1) is 9.04. The maximum absolute atomic E-state index is 12.2. The molecular weight excluding hydrogens is 288 g/mol. The zero-order valence-electron chi connectivity index (χ0n) is 11.4. The molecule has 112 valence electrons. The quantitative estimate of drug-likeness (QED) is 0.887. The average molecular weight is 306 g/mol. The van der Waals surface area contributed by atoms with Crippen molar-refractivity contribution in [3.8, 4) is 0 Å². The highest BCUT2D eigenvalue weighted by molar-refractivity contribution is 5.85. The van der Waals surface area contributed by atoms with Crippen molar-refractivity contribution in [2.45, 2.75) is 33.0 Å². The molecule has 2 heterocycles. The van der Waals surface area contributed by atoms with Crippen molar-refractivity contribution in [2.75, 3.05) is 0 Å². The molecule has 0 fully saturated rings. The van der Waals surface area contributed by atoms with Gasteiger partial charge in [-0.3, -0.25) is 9.36 Å². The largest absolute Gasteiger partial charge is 0.307 e. The van der Waals surface area contributed by atoms with Gasteiger partial charge in [-0.15, -0.1) is 12.4 Å². The van der Waals surface area contributed by atoms with Crippen LogP contribution >= 0.6 is 12.4 Å². The van der Waals surface area contributed by atoms with E-state index < -0.39 is 6.43 Å². The van der Waals surface area contributed by atoms with Crippen molar-refractivity contribution >= 4 is 12.4 Å². The lowest BCUT2D eigenvalue weighted by Crippen LogP contribution is -2.14. The molecule has 0 aliphatic heterocycles. The Labute approximate surface area is 122 Å². The SMILES string of the molecule is Cc1nn(C)cc1CNCc1ccn(CC(F)F)n1.Cl. The van der Waals surface area contributed by atoms with E-state index in [4.69, 9.17) is 0 Å². The molecule has 0 aliphatic rings. The second kappa shape index (κ2) is 7.35. The van der Waals surface area contributed by atoms with Gasteiger partial charge in [-0.25, -0.2) is 8.78 Å². The van der Waals surface area contributed by atoms with Crippen LogP contribution in [0.4, 0.5) is 8.78 Å². The molecule has 5 nitrogen and oxygen atoms in total. The van der Waals surface area contributed by atoms with Gasteiger partial charge >= 0.3 is 0 Å². The van der Waals surface area contributed by atoms with E-state index in [2.05, 4.69) is 15.5 Å². The Morgan fingerprint density at radius 3 is 2.65 bits per heavy atom. The van der Waals surface area contributed by atoms with Crippen LogP contribution in [-0.2, 0) is 26.7 Å². The van der Waals surface area contributed by atoms with Gasteiger partial charge in [0.15, 0.2) is 0 Å². The summed E-state index contributed by atoms with van der Waals surface area (Å²) < 4.78 is 27.4. The lowest BCUT2D eigenvalue weighted by atomic mass is 10.2.